The molecule has 2 rings (SSSR count). The summed E-state index contributed by atoms with van der Waals surface area (Å²) in [4.78, 5) is 53.0. The summed E-state index contributed by atoms with van der Waals surface area (Å²) < 4.78 is 5.34. The molecule has 0 spiro atoms. The minimum absolute atomic E-state index is 0.00198. The van der Waals surface area contributed by atoms with E-state index in [0.29, 0.717) is 5.56 Å². The van der Waals surface area contributed by atoms with Crippen molar-refractivity contribution in [3.8, 4) is 0 Å². The van der Waals surface area contributed by atoms with Gasteiger partial charge in [-0.1, -0.05) is 29.3 Å². The molecule has 9 nitrogen and oxygen atoms in total. The van der Waals surface area contributed by atoms with E-state index in [1.165, 1.54) is 0 Å². The third-order valence-electron chi connectivity index (χ3n) is 5.38. The van der Waals surface area contributed by atoms with Gasteiger partial charge in [0, 0.05) is 18.5 Å². The Bertz CT molecular complexity index is 929. The van der Waals surface area contributed by atoms with Gasteiger partial charge in [0.15, 0.2) is 0 Å². The second kappa shape index (κ2) is 11.6. The highest BCUT2D eigenvalue weighted by Gasteiger charge is 2.44. The first kappa shape index (κ1) is 28.1. The summed E-state index contributed by atoms with van der Waals surface area (Å²) in [6.07, 6.45) is 0.623. The average Bonchev–Trinajstić information content (AvgIpc) is 3.50. The van der Waals surface area contributed by atoms with E-state index in [4.69, 9.17) is 10.5 Å². The summed E-state index contributed by atoms with van der Waals surface area (Å²) in [5.41, 5.74) is 7.22. The molecular weight excluding hydrogens is 448 g/mol. The average molecular weight is 489 g/mol. The number of aryl methyl sites for hydroxylation is 2. The van der Waals surface area contributed by atoms with Gasteiger partial charge in [-0.3, -0.25) is 14.4 Å². The number of hydrogen-bond donors (Lipinski definition) is 3. The van der Waals surface area contributed by atoms with Crippen LogP contribution in [-0.4, -0.2) is 52.4 Å². The van der Waals surface area contributed by atoms with Gasteiger partial charge in [0.2, 0.25) is 17.7 Å². The van der Waals surface area contributed by atoms with Crippen LogP contribution >= 0.6 is 0 Å². The maximum absolute atomic E-state index is 13.9. The number of benzene rings is 1. The largest absolute Gasteiger partial charge is 0.444 e. The molecule has 194 valence electrons. The smallest absolute Gasteiger partial charge is 0.408 e. The minimum atomic E-state index is -1.07. The van der Waals surface area contributed by atoms with Gasteiger partial charge in [-0.2, -0.15) is 0 Å². The lowest BCUT2D eigenvalue weighted by Gasteiger charge is -2.35. The van der Waals surface area contributed by atoms with E-state index < -0.39 is 35.6 Å². The van der Waals surface area contributed by atoms with Crippen LogP contribution in [0.5, 0.6) is 0 Å². The van der Waals surface area contributed by atoms with Crippen LogP contribution in [0.3, 0.4) is 0 Å². The van der Waals surface area contributed by atoms with Gasteiger partial charge in [0.1, 0.15) is 17.7 Å². The van der Waals surface area contributed by atoms with Gasteiger partial charge >= 0.3 is 6.09 Å². The van der Waals surface area contributed by atoms with E-state index in [1.807, 2.05) is 45.9 Å². The van der Waals surface area contributed by atoms with Crippen LogP contribution in [0.2, 0.25) is 0 Å². The molecule has 0 bridgehead atoms. The number of carbonyl (C=O) groups excluding carboxylic acids is 4. The van der Waals surface area contributed by atoms with Crippen LogP contribution < -0.4 is 16.4 Å². The van der Waals surface area contributed by atoms with Gasteiger partial charge in [-0.25, -0.2) is 4.79 Å². The Morgan fingerprint density at radius 1 is 1.06 bits per heavy atom. The number of carbonyl (C=O) groups is 4. The molecular formula is C26H40N4O5. The molecule has 1 aliphatic carbocycles. The predicted octanol–water partition coefficient (Wildman–Crippen LogP) is 3.02. The Hall–Kier alpha value is -3.10. The van der Waals surface area contributed by atoms with Crippen LogP contribution in [0.1, 0.15) is 83.0 Å². The predicted molar refractivity (Wildman–Crippen MR) is 133 cm³/mol. The lowest BCUT2D eigenvalue weighted by Crippen LogP contribution is -2.54. The van der Waals surface area contributed by atoms with Crippen molar-refractivity contribution in [3.63, 3.8) is 0 Å². The van der Waals surface area contributed by atoms with Crippen LogP contribution in [0.4, 0.5) is 4.79 Å². The number of alkyl carbamates (subject to hydrolysis) is 1. The second-order valence-electron chi connectivity index (χ2n) is 10.7. The number of nitrogens with two attached hydrogens (primary N) is 1. The fraction of sp³-hybridized carbons (Fsp3) is 0.615. The van der Waals surface area contributed by atoms with E-state index in [-0.39, 0.29) is 30.8 Å². The third-order valence-corrected chi connectivity index (χ3v) is 5.38. The van der Waals surface area contributed by atoms with Gasteiger partial charge in [0.25, 0.3) is 0 Å². The molecule has 2 unspecified atom stereocenters. The highest BCUT2D eigenvalue weighted by Crippen LogP contribution is 2.36. The molecule has 2 atom stereocenters. The standard InChI is InChI=1S/C26H40N4O5/c1-15(2)28-23(32)22(18-13-16(3)12-17(4)14-18)30(19-8-9-19)24(33)20(10-11-21(27)31)29-25(34)35-26(5,6)7/h12-15,19-20,22H,8-11H2,1-7H3,(H2,27,31)(H,28,32)(H,29,34). The number of rotatable bonds is 10. The Balaban J connectivity index is 2.48. The molecule has 1 fully saturated rings. The first-order valence-electron chi connectivity index (χ1n) is 12.2. The molecule has 1 saturated carbocycles. The molecule has 4 N–H and O–H groups in total. The summed E-state index contributed by atoms with van der Waals surface area (Å²) in [6.45, 7) is 12.8. The van der Waals surface area contributed by atoms with E-state index in [0.717, 1.165) is 24.0 Å². The van der Waals surface area contributed by atoms with Crippen LogP contribution in [0.25, 0.3) is 0 Å². The zero-order chi connectivity index (χ0) is 26.5. The molecule has 0 aliphatic heterocycles. The van der Waals surface area contributed by atoms with Crippen molar-refractivity contribution in [2.45, 2.75) is 104 Å². The zero-order valence-corrected chi connectivity index (χ0v) is 21.9. The Morgan fingerprint density at radius 3 is 2.09 bits per heavy atom. The molecule has 0 aromatic heterocycles. The molecule has 0 radical (unpaired) electrons. The first-order chi connectivity index (χ1) is 16.2. The highest BCUT2D eigenvalue weighted by atomic mass is 16.6. The number of ether oxygens (including phenoxy) is 1. The van der Waals surface area contributed by atoms with Crippen molar-refractivity contribution in [1.82, 2.24) is 15.5 Å². The zero-order valence-electron chi connectivity index (χ0n) is 21.9. The monoisotopic (exact) mass is 488 g/mol. The third kappa shape index (κ3) is 8.88. The van der Waals surface area contributed by atoms with Crippen molar-refractivity contribution in [2.24, 2.45) is 5.73 Å². The summed E-state index contributed by atoms with van der Waals surface area (Å²) in [7, 11) is 0. The lowest BCUT2D eigenvalue weighted by atomic mass is 9.97. The van der Waals surface area contributed by atoms with Gasteiger partial charge in [0.05, 0.1) is 0 Å². The van der Waals surface area contributed by atoms with Gasteiger partial charge < -0.3 is 26.0 Å². The number of primary amides is 1. The quantitative estimate of drug-likeness (QED) is 0.466. The van der Waals surface area contributed by atoms with E-state index >= 15 is 0 Å². The summed E-state index contributed by atoms with van der Waals surface area (Å²) >= 11 is 0. The molecule has 0 saturated heterocycles. The second-order valence-corrected chi connectivity index (χ2v) is 10.7. The number of nitrogens with zero attached hydrogens (tertiary/aromatic N) is 1. The molecule has 9 heteroatoms. The fourth-order valence-electron chi connectivity index (χ4n) is 4.01. The maximum Gasteiger partial charge on any atom is 0.408 e. The fourth-order valence-corrected chi connectivity index (χ4v) is 4.01. The highest BCUT2D eigenvalue weighted by molar-refractivity contribution is 5.93. The topological polar surface area (TPSA) is 131 Å². The van der Waals surface area contributed by atoms with Crippen molar-refractivity contribution < 1.29 is 23.9 Å². The van der Waals surface area contributed by atoms with Crippen molar-refractivity contribution in [3.05, 3.63) is 34.9 Å². The van der Waals surface area contributed by atoms with E-state index in [9.17, 15) is 19.2 Å². The molecule has 1 aromatic carbocycles. The van der Waals surface area contributed by atoms with Crippen LogP contribution in [0.15, 0.2) is 18.2 Å². The van der Waals surface area contributed by atoms with E-state index in [2.05, 4.69) is 10.6 Å². The summed E-state index contributed by atoms with van der Waals surface area (Å²) in [5, 5.41) is 5.55. The summed E-state index contributed by atoms with van der Waals surface area (Å²) in [5.74, 6) is -1.32. The maximum atomic E-state index is 13.9. The lowest BCUT2D eigenvalue weighted by molar-refractivity contribution is -0.143. The Morgan fingerprint density at radius 2 is 1.63 bits per heavy atom. The van der Waals surface area contributed by atoms with Crippen molar-refractivity contribution >= 4 is 23.8 Å². The molecule has 0 heterocycles. The SMILES string of the molecule is Cc1cc(C)cc(C(C(=O)NC(C)C)N(C(=O)C(CCC(N)=O)NC(=O)OC(C)(C)C)C2CC2)c1. The number of hydrogen-bond acceptors (Lipinski definition) is 5. The summed E-state index contributed by atoms with van der Waals surface area (Å²) in [6, 6.07) is 3.58. The Kier molecular flexibility index (Phi) is 9.29. The van der Waals surface area contributed by atoms with Gasteiger partial charge in [-0.05, 0) is 73.3 Å². The first-order valence-corrected chi connectivity index (χ1v) is 12.2. The van der Waals surface area contributed by atoms with Crippen molar-refractivity contribution in [2.75, 3.05) is 0 Å². The van der Waals surface area contributed by atoms with Crippen molar-refractivity contribution in [1.29, 1.82) is 0 Å². The normalized spacial score (nSPS) is 15.2. The van der Waals surface area contributed by atoms with Gasteiger partial charge in [-0.15, -0.1) is 0 Å². The molecule has 4 amide bonds. The Labute approximate surface area is 208 Å². The molecule has 35 heavy (non-hydrogen) atoms. The molecule has 1 aromatic rings. The number of amides is 4. The molecule has 1 aliphatic rings. The number of nitrogens with one attached hydrogen (secondary N) is 2. The van der Waals surface area contributed by atoms with Crippen LogP contribution in [-0.2, 0) is 19.1 Å². The minimum Gasteiger partial charge on any atom is -0.444 e. The van der Waals surface area contributed by atoms with E-state index in [1.54, 1.807) is 25.7 Å². The van der Waals surface area contributed by atoms with Crippen LogP contribution in [0, 0.1) is 13.8 Å².